The molecule has 0 saturated carbocycles. The van der Waals surface area contributed by atoms with E-state index < -0.39 is 5.97 Å². The maximum absolute atomic E-state index is 13.0. The summed E-state index contributed by atoms with van der Waals surface area (Å²) >= 11 is 1.23. The van der Waals surface area contributed by atoms with Crippen molar-refractivity contribution in [2.45, 2.75) is 18.9 Å². The molecule has 0 atom stereocenters. The zero-order valence-electron chi connectivity index (χ0n) is 19.8. The van der Waals surface area contributed by atoms with Crippen molar-refractivity contribution < 1.29 is 19.1 Å². The van der Waals surface area contributed by atoms with Gasteiger partial charge < -0.3 is 25.4 Å². The number of aromatic nitrogens is 1. The van der Waals surface area contributed by atoms with Crippen LogP contribution in [-0.2, 0) is 4.74 Å². The van der Waals surface area contributed by atoms with E-state index in [1.165, 1.54) is 11.3 Å². The molecule has 5 rings (SSSR count). The summed E-state index contributed by atoms with van der Waals surface area (Å²) in [4.78, 5) is 32.9. The first-order valence-electron chi connectivity index (χ1n) is 11.7. The van der Waals surface area contributed by atoms with E-state index in [0.29, 0.717) is 41.3 Å². The van der Waals surface area contributed by atoms with Crippen molar-refractivity contribution in [3.63, 3.8) is 0 Å². The number of likely N-dealkylation sites (tertiary alicyclic amines) is 1. The number of nitrogen functional groups attached to an aromatic ring is 1. The zero-order chi connectivity index (χ0) is 25.1. The molecular weight excluding hydrogens is 476 g/mol. The second kappa shape index (κ2) is 10.2. The molecule has 2 aromatic carbocycles. The quantitative estimate of drug-likeness (QED) is 0.354. The van der Waals surface area contributed by atoms with Gasteiger partial charge in [-0.1, -0.05) is 18.2 Å². The Hall–Kier alpha value is -4.11. The van der Waals surface area contributed by atoms with Gasteiger partial charge in [0.05, 0.1) is 18.5 Å². The van der Waals surface area contributed by atoms with E-state index in [4.69, 9.17) is 20.2 Å². The SMILES string of the molecule is COc1ccc(-c2ccc3c(N)c(C(=O)OC4CCN(C(=O)Nc5ccccc5)CC4)sc3n2)cc1. The first-order valence-corrected chi connectivity index (χ1v) is 12.5. The van der Waals surface area contributed by atoms with Crippen LogP contribution in [0.1, 0.15) is 22.5 Å². The summed E-state index contributed by atoms with van der Waals surface area (Å²) in [5.74, 6) is 0.321. The first kappa shape index (κ1) is 23.6. The fraction of sp³-hybridized carbons (Fsp3) is 0.222. The Balaban J connectivity index is 1.22. The molecule has 9 heteroatoms. The molecule has 4 aromatic rings. The third-order valence-electron chi connectivity index (χ3n) is 6.19. The Kier molecular flexibility index (Phi) is 6.73. The summed E-state index contributed by atoms with van der Waals surface area (Å²) in [6.07, 6.45) is 0.864. The van der Waals surface area contributed by atoms with E-state index in [1.807, 2.05) is 66.7 Å². The van der Waals surface area contributed by atoms with Crippen LogP contribution in [0.3, 0.4) is 0 Å². The Morgan fingerprint density at radius 3 is 2.44 bits per heavy atom. The summed E-state index contributed by atoms with van der Waals surface area (Å²) in [7, 11) is 1.63. The van der Waals surface area contributed by atoms with Gasteiger partial charge in [-0.25, -0.2) is 14.6 Å². The van der Waals surface area contributed by atoms with Crippen LogP contribution < -0.4 is 15.8 Å². The molecule has 0 aliphatic carbocycles. The number of nitrogens with zero attached hydrogens (tertiary/aromatic N) is 2. The highest BCUT2D eigenvalue weighted by molar-refractivity contribution is 7.21. The number of ether oxygens (including phenoxy) is 2. The second-order valence-corrected chi connectivity index (χ2v) is 9.51. The highest BCUT2D eigenvalue weighted by Crippen LogP contribution is 2.35. The Bertz CT molecular complexity index is 1380. The van der Waals surface area contributed by atoms with E-state index in [2.05, 4.69) is 5.32 Å². The molecular formula is C27H26N4O4S. The topological polar surface area (TPSA) is 107 Å². The lowest BCUT2D eigenvalue weighted by atomic mass is 10.1. The minimum atomic E-state index is -0.450. The van der Waals surface area contributed by atoms with Crippen LogP contribution in [0.15, 0.2) is 66.7 Å². The number of urea groups is 1. The van der Waals surface area contributed by atoms with Crippen LogP contribution in [-0.4, -0.2) is 48.2 Å². The summed E-state index contributed by atoms with van der Waals surface area (Å²) in [5, 5.41) is 3.62. The number of carbonyl (C=O) groups excluding carboxylic acids is 2. The number of para-hydroxylation sites is 1. The summed E-state index contributed by atoms with van der Waals surface area (Å²) in [5.41, 5.74) is 9.16. The second-order valence-electron chi connectivity index (χ2n) is 8.51. The molecule has 0 unspecified atom stereocenters. The highest BCUT2D eigenvalue weighted by atomic mass is 32.1. The Morgan fingerprint density at radius 1 is 1.03 bits per heavy atom. The van der Waals surface area contributed by atoms with Gasteiger partial charge in [0.15, 0.2) is 0 Å². The number of esters is 1. The van der Waals surface area contributed by atoms with Gasteiger partial charge in [-0.05, 0) is 48.5 Å². The molecule has 1 saturated heterocycles. The normalized spacial score (nSPS) is 14.0. The number of carbonyl (C=O) groups is 2. The monoisotopic (exact) mass is 502 g/mol. The number of piperidine rings is 1. The largest absolute Gasteiger partial charge is 0.497 e. The average Bonchev–Trinajstić information content (AvgIpc) is 3.25. The maximum Gasteiger partial charge on any atom is 0.350 e. The van der Waals surface area contributed by atoms with Gasteiger partial charge in [-0.15, -0.1) is 11.3 Å². The molecule has 8 nitrogen and oxygen atoms in total. The highest BCUT2D eigenvalue weighted by Gasteiger charge is 2.27. The number of pyridine rings is 1. The van der Waals surface area contributed by atoms with Crippen LogP contribution in [0, 0.1) is 0 Å². The minimum Gasteiger partial charge on any atom is -0.497 e. The maximum atomic E-state index is 13.0. The summed E-state index contributed by atoms with van der Waals surface area (Å²) in [6, 6.07) is 20.6. The average molecular weight is 503 g/mol. The van der Waals surface area contributed by atoms with Gasteiger partial charge in [0.25, 0.3) is 0 Å². The number of thiophene rings is 1. The summed E-state index contributed by atoms with van der Waals surface area (Å²) in [6.45, 7) is 1.01. The Morgan fingerprint density at radius 2 is 1.75 bits per heavy atom. The fourth-order valence-corrected chi connectivity index (χ4v) is 5.15. The van der Waals surface area contributed by atoms with Gasteiger partial charge >= 0.3 is 12.0 Å². The van der Waals surface area contributed by atoms with E-state index in [-0.39, 0.29) is 12.1 Å². The third kappa shape index (κ3) is 4.96. The molecule has 1 fully saturated rings. The number of nitrogens with one attached hydrogen (secondary N) is 1. The lowest BCUT2D eigenvalue weighted by Gasteiger charge is -2.31. The van der Waals surface area contributed by atoms with Gasteiger partial charge in [0.1, 0.15) is 21.6 Å². The van der Waals surface area contributed by atoms with E-state index >= 15 is 0 Å². The molecule has 0 radical (unpaired) electrons. The van der Waals surface area contributed by atoms with Crippen molar-refractivity contribution in [2.75, 3.05) is 31.2 Å². The predicted octanol–water partition coefficient (Wildman–Crippen LogP) is 5.41. The molecule has 3 N–H and O–H groups in total. The van der Waals surface area contributed by atoms with Crippen molar-refractivity contribution in [1.29, 1.82) is 0 Å². The van der Waals surface area contributed by atoms with Gasteiger partial charge in [-0.3, -0.25) is 0 Å². The van der Waals surface area contributed by atoms with Crippen molar-refractivity contribution in [3.05, 3.63) is 71.6 Å². The molecule has 2 aromatic heterocycles. The number of anilines is 2. The van der Waals surface area contributed by atoms with Crippen LogP contribution in [0.2, 0.25) is 0 Å². The lowest BCUT2D eigenvalue weighted by molar-refractivity contribution is 0.0164. The van der Waals surface area contributed by atoms with Crippen LogP contribution in [0.25, 0.3) is 21.5 Å². The molecule has 2 amide bonds. The number of rotatable bonds is 5. The van der Waals surface area contributed by atoms with Crippen LogP contribution in [0.4, 0.5) is 16.2 Å². The molecule has 3 heterocycles. The number of fused-ring (bicyclic) bond motifs is 1. The number of methoxy groups -OCH3 is 1. The zero-order valence-corrected chi connectivity index (χ0v) is 20.6. The van der Waals surface area contributed by atoms with E-state index in [9.17, 15) is 9.59 Å². The van der Waals surface area contributed by atoms with Crippen molar-refractivity contribution in [1.82, 2.24) is 9.88 Å². The lowest BCUT2D eigenvalue weighted by Crippen LogP contribution is -2.43. The number of benzene rings is 2. The molecule has 0 spiro atoms. The van der Waals surface area contributed by atoms with E-state index in [1.54, 1.807) is 12.0 Å². The van der Waals surface area contributed by atoms with Crippen molar-refractivity contribution >= 4 is 44.9 Å². The fourth-order valence-electron chi connectivity index (χ4n) is 4.18. The van der Waals surface area contributed by atoms with Crippen LogP contribution >= 0.6 is 11.3 Å². The number of hydrogen-bond acceptors (Lipinski definition) is 7. The van der Waals surface area contributed by atoms with Gasteiger partial charge in [-0.2, -0.15) is 0 Å². The van der Waals surface area contributed by atoms with Gasteiger partial charge in [0.2, 0.25) is 0 Å². The number of nitrogens with two attached hydrogens (primary N) is 1. The molecule has 184 valence electrons. The Labute approximate surface area is 212 Å². The number of hydrogen-bond donors (Lipinski definition) is 2. The van der Waals surface area contributed by atoms with E-state index in [0.717, 1.165) is 28.1 Å². The first-order chi connectivity index (χ1) is 17.5. The van der Waals surface area contributed by atoms with Crippen molar-refractivity contribution in [3.8, 4) is 17.0 Å². The molecule has 1 aliphatic heterocycles. The predicted molar refractivity (Wildman–Crippen MR) is 141 cm³/mol. The third-order valence-corrected chi connectivity index (χ3v) is 7.29. The smallest absolute Gasteiger partial charge is 0.350 e. The molecule has 36 heavy (non-hydrogen) atoms. The minimum absolute atomic E-state index is 0.154. The molecule has 0 bridgehead atoms. The number of amides is 2. The molecule has 1 aliphatic rings. The standard InChI is InChI=1S/C27H26N4O4S/c1-34-19-9-7-17(8-10-19)22-12-11-21-23(28)24(36-25(21)30-22)26(32)35-20-13-15-31(16-14-20)27(33)29-18-5-3-2-4-6-18/h2-12,20H,13-16,28H2,1H3,(H,29,33). The summed E-state index contributed by atoms with van der Waals surface area (Å²) < 4.78 is 11.0. The van der Waals surface area contributed by atoms with Gasteiger partial charge in [0, 0.05) is 42.6 Å². The van der Waals surface area contributed by atoms with Crippen LogP contribution in [0.5, 0.6) is 5.75 Å². The van der Waals surface area contributed by atoms with Crippen molar-refractivity contribution in [2.24, 2.45) is 0 Å².